The highest BCUT2D eigenvalue weighted by atomic mass is 33.1. The van der Waals surface area contributed by atoms with E-state index in [-0.39, 0.29) is 50.3 Å². The molecule has 25 heteroatoms. The van der Waals surface area contributed by atoms with Gasteiger partial charge in [0.25, 0.3) is 0 Å². The maximum absolute atomic E-state index is 14.4. The van der Waals surface area contributed by atoms with Crippen molar-refractivity contribution >= 4 is 80.7 Å². The number of benzene rings is 1. The molecular formula is C43H67N11O12S2. The van der Waals surface area contributed by atoms with Gasteiger partial charge in [-0.05, 0) is 69.7 Å². The fourth-order valence-electron chi connectivity index (χ4n) is 7.29. The number of hydrogen-bond donors (Lipinski definition) is 11. The van der Waals surface area contributed by atoms with E-state index in [9.17, 15) is 53.1 Å². The summed E-state index contributed by atoms with van der Waals surface area (Å²) in [7, 11) is 2.27. The first-order valence-corrected chi connectivity index (χ1v) is 25.1. The zero-order valence-electron chi connectivity index (χ0n) is 38.8. The number of likely N-dealkylation sites (tertiary alicyclic amines) is 1. The summed E-state index contributed by atoms with van der Waals surface area (Å²) in [5.74, 6) is -8.07. The van der Waals surface area contributed by atoms with E-state index < -0.39 is 126 Å². The maximum Gasteiger partial charge on any atom is 0.246 e. The predicted octanol–water partition coefficient (Wildman–Crippen LogP) is -3.04. The molecule has 2 saturated heterocycles. The molecule has 3 rings (SSSR count). The predicted molar refractivity (Wildman–Crippen MR) is 253 cm³/mol. The topological polar surface area (TPSA) is 366 Å². The molecule has 0 aliphatic carbocycles. The SMILES string of the molecule is CCOc1ccc(C[C@H]2NC(=O)CCSSC[C@H](C(=O)N3CCC[C@H]3C(=O)N[C@@H](CCCN)C(=O)NCC(N)=O)NC(=O)[C@H](CC(N)=O)NC(=O)[C@H]([C@@H](C)O)NC(=O)[C@H]([C@@H](C)CC)NC2=O)cc1. The van der Waals surface area contributed by atoms with Crippen molar-refractivity contribution in [3.63, 3.8) is 0 Å². The molecule has 2 heterocycles. The molecule has 2 fully saturated rings. The molecule has 0 unspecified atom stereocenters. The number of hydrogen-bond acceptors (Lipinski definition) is 15. The van der Waals surface area contributed by atoms with Crippen molar-refractivity contribution in [2.45, 2.75) is 127 Å². The van der Waals surface area contributed by atoms with Gasteiger partial charge in [0.1, 0.15) is 48.0 Å². The van der Waals surface area contributed by atoms with Crippen LogP contribution >= 0.6 is 21.6 Å². The van der Waals surface area contributed by atoms with Crippen LogP contribution in [0, 0.1) is 5.92 Å². The van der Waals surface area contributed by atoms with Crippen molar-refractivity contribution in [1.82, 2.24) is 42.1 Å². The number of carbonyl (C=O) groups excluding carboxylic acids is 10. The third kappa shape index (κ3) is 18.1. The van der Waals surface area contributed by atoms with E-state index in [0.29, 0.717) is 37.2 Å². The van der Waals surface area contributed by atoms with Gasteiger partial charge in [0.05, 0.1) is 25.7 Å². The Hall–Kier alpha value is -5.66. The fraction of sp³-hybridized carbons (Fsp3) is 0.628. The molecule has 9 atom stereocenters. The first-order valence-electron chi connectivity index (χ1n) is 22.6. The maximum atomic E-state index is 14.4. The van der Waals surface area contributed by atoms with Crippen LogP contribution in [-0.4, -0.2) is 155 Å². The summed E-state index contributed by atoms with van der Waals surface area (Å²) >= 11 is 0. The van der Waals surface area contributed by atoms with Gasteiger partial charge in [0.2, 0.25) is 59.1 Å². The largest absolute Gasteiger partial charge is 0.494 e. The van der Waals surface area contributed by atoms with Gasteiger partial charge in [-0.15, -0.1) is 0 Å². The molecule has 10 amide bonds. The van der Waals surface area contributed by atoms with E-state index in [2.05, 4.69) is 37.2 Å². The molecule has 1 aromatic carbocycles. The van der Waals surface area contributed by atoms with Gasteiger partial charge in [-0.2, -0.15) is 0 Å². The standard InChI is InChI=1S/C43H67N11O12S2/c1-5-23(3)35-41(63)53-36(24(4)55)42(64)50-29(20-32(45)56)38(60)51-30(43(65)54-17-8-10-31(54)40(62)49-27(9-7-16-44)37(59)47-21-33(46)57)22-68-67-18-15-34(58)48-28(39(61)52-35)19-25-11-13-26(14-12-25)66-6-2/h11-14,23-24,27-31,35-36,55H,5-10,15-22,44H2,1-4H3,(H2,45,56)(H2,46,57)(H,47,59)(H,48,58)(H,49,62)(H,50,64)(H,51,60)(H,52,61)(H,53,63)/t23-,24+,27-,28+,29-,30+,31-,35-,36-/m0/s1. The number of nitrogens with zero attached hydrogens (tertiary/aromatic N) is 1. The molecule has 14 N–H and O–H groups in total. The number of aliphatic hydroxyl groups is 1. The minimum absolute atomic E-state index is 0.0243. The van der Waals surface area contributed by atoms with E-state index in [1.54, 1.807) is 38.1 Å². The Morgan fingerprint density at radius 2 is 1.53 bits per heavy atom. The van der Waals surface area contributed by atoms with E-state index in [1.165, 1.54) is 22.6 Å². The summed E-state index contributed by atoms with van der Waals surface area (Å²) in [6.07, 6.45) is -1.05. The van der Waals surface area contributed by atoms with Crippen LogP contribution in [0.3, 0.4) is 0 Å². The van der Waals surface area contributed by atoms with Gasteiger partial charge in [-0.3, -0.25) is 47.9 Å². The number of amides is 10. The Bertz CT molecular complexity index is 1950. The van der Waals surface area contributed by atoms with Gasteiger partial charge >= 0.3 is 0 Å². The Morgan fingerprint density at radius 3 is 2.15 bits per heavy atom. The third-order valence-corrected chi connectivity index (χ3v) is 13.6. The lowest BCUT2D eigenvalue weighted by Gasteiger charge is -2.31. The average Bonchev–Trinajstić information content (AvgIpc) is 3.79. The molecule has 0 saturated carbocycles. The lowest BCUT2D eigenvalue weighted by Crippen LogP contribution is -2.63. The number of carbonyl (C=O) groups is 10. The number of rotatable bonds is 18. The van der Waals surface area contributed by atoms with Gasteiger partial charge in [0.15, 0.2) is 0 Å². The lowest BCUT2D eigenvalue weighted by atomic mass is 9.96. The second-order valence-corrected chi connectivity index (χ2v) is 19.1. The summed E-state index contributed by atoms with van der Waals surface area (Å²) < 4.78 is 5.53. The van der Waals surface area contributed by atoms with Crippen LogP contribution in [0.5, 0.6) is 5.75 Å². The molecule has 378 valence electrons. The van der Waals surface area contributed by atoms with Crippen molar-refractivity contribution in [1.29, 1.82) is 0 Å². The molecule has 68 heavy (non-hydrogen) atoms. The quantitative estimate of drug-likeness (QED) is 0.0652. The van der Waals surface area contributed by atoms with Crippen LogP contribution in [0.15, 0.2) is 24.3 Å². The van der Waals surface area contributed by atoms with Crippen LogP contribution in [0.25, 0.3) is 0 Å². The number of ether oxygens (including phenoxy) is 1. The molecule has 2 aliphatic heterocycles. The normalized spacial score (nSPS) is 23.8. The van der Waals surface area contributed by atoms with Crippen molar-refractivity contribution in [2.24, 2.45) is 23.1 Å². The smallest absolute Gasteiger partial charge is 0.246 e. The number of nitrogens with one attached hydrogen (secondary N) is 7. The van der Waals surface area contributed by atoms with Crippen molar-refractivity contribution in [3.05, 3.63) is 29.8 Å². The van der Waals surface area contributed by atoms with Gasteiger partial charge < -0.3 is 69.2 Å². The van der Waals surface area contributed by atoms with Crippen LogP contribution in [-0.2, 0) is 54.4 Å². The van der Waals surface area contributed by atoms with E-state index >= 15 is 0 Å². The summed E-state index contributed by atoms with van der Waals surface area (Å²) in [4.78, 5) is 135. The third-order valence-electron chi connectivity index (χ3n) is 11.2. The van der Waals surface area contributed by atoms with Crippen molar-refractivity contribution in [2.75, 3.05) is 37.7 Å². The van der Waals surface area contributed by atoms with Crippen LogP contribution in [0.1, 0.15) is 78.2 Å². The molecule has 0 aromatic heterocycles. The molecule has 0 radical (unpaired) electrons. The van der Waals surface area contributed by atoms with Gasteiger partial charge in [0, 0.05) is 30.9 Å². The molecule has 2 aliphatic rings. The monoisotopic (exact) mass is 993 g/mol. The summed E-state index contributed by atoms with van der Waals surface area (Å²) in [6, 6.07) is -2.62. The number of nitrogens with two attached hydrogens (primary N) is 3. The molecule has 0 bridgehead atoms. The van der Waals surface area contributed by atoms with Crippen LogP contribution < -0.4 is 59.2 Å². The molecule has 23 nitrogen and oxygen atoms in total. The highest BCUT2D eigenvalue weighted by Gasteiger charge is 2.41. The Labute approximate surface area is 403 Å². The summed E-state index contributed by atoms with van der Waals surface area (Å²) in [5, 5.41) is 28.7. The number of aliphatic hydroxyl groups excluding tert-OH is 1. The van der Waals surface area contributed by atoms with Crippen LogP contribution in [0.4, 0.5) is 0 Å². The second-order valence-electron chi connectivity index (χ2n) is 16.5. The first-order chi connectivity index (χ1) is 32.3. The second kappa shape index (κ2) is 28.6. The summed E-state index contributed by atoms with van der Waals surface area (Å²) in [6.45, 7) is 6.72. The summed E-state index contributed by atoms with van der Waals surface area (Å²) in [5.41, 5.74) is 17.0. The molecule has 1 aromatic rings. The number of primary amides is 2. The fourth-order valence-corrected chi connectivity index (χ4v) is 9.44. The zero-order chi connectivity index (χ0) is 50.5. The highest BCUT2D eigenvalue weighted by Crippen LogP contribution is 2.26. The van der Waals surface area contributed by atoms with E-state index in [1.807, 2.05) is 6.92 Å². The minimum atomic E-state index is -1.74. The van der Waals surface area contributed by atoms with Crippen LogP contribution in [0.2, 0.25) is 0 Å². The minimum Gasteiger partial charge on any atom is -0.494 e. The van der Waals surface area contributed by atoms with Crippen molar-refractivity contribution < 1.29 is 57.8 Å². The van der Waals surface area contributed by atoms with Gasteiger partial charge in [-0.1, -0.05) is 54.0 Å². The van der Waals surface area contributed by atoms with Crippen molar-refractivity contribution in [3.8, 4) is 5.75 Å². The average molecular weight is 994 g/mol. The van der Waals surface area contributed by atoms with E-state index in [4.69, 9.17) is 21.9 Å². The van der Waals surface area contributed by atoms with Gasteiger partial charge in [-0.25, -0.2) is 0 Å². The Kier molecular flexibility index (Phi) is 23.8. The molecule has 0 spiro atoms. The lowest BCUT2D eigenvalue weighted by molar-refractivity contribution is -0.142. The van der Waals surface area contributed by atoms with E-state index in [0.717, 1.165) is 10.8 Å². The Balaban J connectivity index is 1.99. The molecular weight excluding hydrogens is 927 g/mol. The highest BCUT2D eigenvalue weighted by molar-refractivity contribution is 8.76. The first kappa shape index (κ1) is 56.7. The zero-order valence-corrected chi connectivity index (χ0v) is 40.5. The Morgan fingerprint density at radius 1 is 0.868 bits per heavy atom.